The predicted octanol–water partition coefficient (Wildman–Crippen LogP) is 3.47. The number of nitrogens with one attached hydrogen (secondary N) is 1. The lowest BCUT2D eigenvalue weighted by Gasteiger charge is -2.20. The average molecular weight is 428 g/mol. The van der Waals surface area contributed by atoms with Crippen LogP contribution in [0.15, 0.2) is 42.5 Å². The highest BCUT2D eigenvalue weighted by molar-refractivity contribution is 6.31. The number of benzene rings is 2. The van der Waals surface area contributed by atoms with Crippen molar-refractivity contribution in [3.8, 4) is 5.75 Å². The van der Waals surface area contributed by atoms with E-state index in [0.717, 1.165) is 18.7 Å². The molecule has 0 spiro atoms. The largest absolute Gasteiger partial charge is 0.495 e. The monoisotopic (exact) mass is 427 g/mol. The molecule has 2 aromatic rings. The molecule has 7 nitrogen and oxygen atoms in total. The van der Waals surface area contributed by atoms with Crippen LogP contribution in [0.4, 0.5) is 17.1 Å². The van der Waals surface area contributed by atoms with E-state index in [0.29, 0.717) is 28.6 Å². The van der Waals surface area contributed by atoms with Crippen LogP contribution in [0.2, 0.25) is 5.02 Å². The van der Waals surface area contributed by atoms with Crippen molar-refractivity contribution in [3.63, 3.8) is 0 Å². The summed E-state index contributed by atoms with van der Waals surface area (Å²) in [7, 11) is 1.52. The van der Waals surface area contributed by atoms with Crippen molar-refractivity contribution in [2.45, 2.75) is 19.3 Å². The summed E-state index contributed by atoms with van der Waals surface area (Å²) in [6.07, 6.45) is 1.55. The molecule has 156 valence electrons. The number of carbonyl (C=O) groups is 3. The van der Waals surface area contributed by atoms with Gasteiger partial charge in [0.1, 0.15) is 5.75 Å². The molecular formula is C22H22ClN3O4. The summed E-state index contributed by atoms with van der Waals surface area (Å²) in [5.41, 5.74) is 2.01. The number of hydrogen-bond donors (Lipinski definition) is 1. The van der Waals surface area contributed by atoms with E-state index < -0.39 is 5.92 Å². The van der Waals surface area contributed by atoms with Gasteiger partial charge in [0.15, 0.2) is 0 Å². The van der Waals surface area contributed by atoms with Crippen molar-refractivity contribution < 1.29 is 19.1 Å². The summed E-state index contributed by atoms with van der Waals surface area (Å²) >= 11 is 6.08. The maximum atomic E-state index is 12.7. The first-order valence-electron chi connectivity index (χ1n) is 9.81. The van der Waals surface area contributed by atoms with Crippen LogP contribution >= 0.6 is 11.6 Å². The molecule has 0 aromatic heterocycles. The molecule has 2 aromatic carbocycles. The molecule has 0 saturated carbocycles. The Bertz CT molecular complexity index is 992. The lowest BCUT2D eigenvalue weighted by molar-refractivity contribution is -0.122. The van der Waals surface area contributed by atoms with Gasteiger partial charge in [0.05, 0.1) is 18.7 Å². The Hall–Kier alpha value is -3.06. The second-order valence-corrected chi connectivity index (χ2v) is 7.84. The van der Waals surface area contributed by atoms with E-state index >= 15 is 0 Å². The lowest BCUT2D eigenvalue weighted by atomic mass is 10.1. The highest BCUT2D eigenvalue weighted by Gasteiger charge is 2.36. The van der Waals surface area contributed by atoms with Gasteiger partial charge in [0.2, 0.25) is 17.7 Å². The number of amides is 3. The quantitative estimate of drug-likeness (QED) is 0.792. The minimum Gasteiger partial charge on any atom is -0.495 e. The first-order valence-corrected chi connectivity index (χ1v) is 10.2. The van der Waals surface area contributed by atoms with Gasteiger partial charge in [-0.15, -0.1) is 0 Å². The number of carbonyl (C=O) groups excluding carboxylic acids is 3. The van der Waals surface area contributed by atoms with Gasteiger partial charge in [-0.05, 0) is 48.9 Å². The van der Waals surface area contributed by atoms with Gasteiger partial charge in [-0.25, -0.2) is 0 Å². The van der Waals surface area contributed by atoms with Gasteiger partial charge in [-0.3, -0.25) is 14.4 Å². The van der Waals surface area contributed by atoms with Crippen molar-refractivity contribution in [1.82, 2.24) is 0 Å². The number of hydrogen-bond acceptors (Lipinski definition) is 4. The van der Waals surface area contributed by atoms with E-state index in [2.05, 4.69) is 5.32 Å². The molecule has 0 aliphatic carbocycles. The highest BCUT2D eigenvalue weighted by atomic mass is 35.5. The summed E-state index contributed by atoms with van der Waals surface area (Å²) in [4.78, 5) is 40.4. The van der Waals surface area contributed by atoms with Crippen LogP contribution in [-0.2, 0) is 14.4 Å². The lowest BCUT2D eigenvalue weighted by Crippen LogP contribution is -2.28. The molecular weight excluding hydrogens is 406 g/mol. The highest BCUT2D eigenvalue weighted by Crippen LogP contribution is 2.35. The number of ether oxygens (including phenoxy) is 1. The normalized spacial score (nSPS) is 18.8. The van der Waals surface area contributed by atoms with Crippen LogP contribution in [-0.4, -0.2) is 37.9 Å². The van der Waals surface area contributed by atoms with Gasteiger partial charge in [0.25, 0.3) is 0 Å². The molecule has 2 heterocycles. The summed E-state index contributed by atoms with van der Waals surface area (Å²) < 4.78 is 5.33. The van der Waals surface area contributed by atoms with Crippen molar-refractivity contribution in [2.24, 2.45) is 5.92 Å². The molecule has 0 radical (unpaired) electrons. The standard InChI is InChI=1S/C22H22ClN3O4/c1-30-19-9-4-15(23)12-18(19)26-13-14(11-21(26)28)22(29)24-16-5-7-17(8-6-16)25-10-2-3-20(25)27/h4-9,12,14H,2-3,10-11,13H2,1H3,(H,24,29). The van der Waals surface area contributed by atoms with Crippen LogP contribution < -0.4 is 19.9 Å². The fourth-order valence-corrected chi connectivity index (χ4v) is 4.05. The third-order valence-electron chi connectivity index (χ3n) is 5.45. The molecule has 1 unspecified atom stereocenters. The van der Waals surface area contributed by atoms with Gasteiger partial charge >= 0.3 is 0 Å². The summed E-state index contributed by atoms with van der Waals surface area (Å²) in [6.45, 7) is 0.971. The van der Waals surface area contributed by atoms with Crippen LogP contribution in [0, 0.1) is 5.92 Å². The zero-order chi connectivity index (χ0) is 21.3. The second kappa shape index (κ2) is 8.36. The van der Waals surface area contributed by atoms with E-state index in [-0.39, 0.29) is 30.7 Å². The Morgan fingerprint density at radius 2 is 1.87 bits per heavy atom. The Morgan fingerprint density at radius 3 is 2.53 bits per heavy atom. The van der Waals surface area contributed by atoms with Crippen molar-refractivity contribution >= 4 is 46.4 Å². The van der Waals surface area contributed by atoms with Crippen LogP contribution in [0.25, 0.3) is 0 Å². The third-order valence-corrected chi connectivity index (χ3v) is 5.68. The van der Waals surface area contributed by atoms with Crippen LogP contribution in [0.5, 0.6) is 5.75 Å². The molecule has 1 atom stereocenters. The maximum Gasteiger partial charge on any atom is 0.229 e. The zero-order valence-electron chi connectivity index (χ0n) is 16.6. The van der Waals surface area contributed by atoms with E-state index in [4.69, 9.17) is 16.3 Å². The smallest absolute Gasteiger partial charge is 0.229 e. The molecule has 2 fully saturated rings. The summed E-state index contributed by atoms with van der Waals surface area (Å²) in [5, 5.41) is 3.36. The minimum absolute atomic E-state index is 0.113. The maximum absolute atomic E-state index is 12.7. The zero-order valence-corrected chi connectivity index (χ0v) is 17.3. The molecule has 2 saturated heterocycles. The Labute approximate surface area is 179 Å². The number of rotatable bonds is 5. The van der Waals surface area contributed by atoms with Gasteiger partial charge in [-0.1, -0.05) is 11.6 Å². The number of anilines is 3. The molecule has 2 aliphatic heterocycles. The second-order valence-electron chi connectivity index (χ2n) is 7.41. The number of methoxy groups -OCH3 is 1. The predicted molar refractivity (Wildman–Crippen MR) is 115 cm³/mol. The molecule has 3 amide bonds. The third kappa shape index (κ3) is 3.98. The van der Waals surface area contributed by atoms with E-state index in [1.807, 2.05) is 12.1 Å². The average Bonchev–Trinajstić information content (AvgIpc) is 3.34. The Kier molecular flexibility index (Phi) is 5.63. The fraction of sp³-hybridized carbons (Fsp3) is 0.318. The van der Waals surface area contributed by atoms with Gasteiger partial charge in [-0.2, -0.15) is 0 Å². The van der Waals surface area contributed by atoms with Crippen LogP contribution in [0.1, 0.15) is 19.3 Å². The van der Waals surface area contributed by atoms with E-state index in [9.17, 15) is 14.4 Å². The Balaban J connectivity index is 1.43. The topological polar surface area (TPSA) is 79.0 Å². The van der Waals surface area contributed by atoms with E-state index in [1.54, 1.807) is 35.2 Å². The van der Waals surface area contributed by atoms with Crippen LogP contribution in [0.3, 0.4) is 0 Å². The molecule has 1 N–H and O–H groups in total. The molecule has 30 heavy (non-hydrogen) atoms. The number of nitrogens with zero attached hydrogens (tertiary/aromatic N) is 2. The molecule has 2 aliphatic rings. The fourth-order valence-electron chi connectivity index (χ4n) is 3.88. The molecule has 0 bridgehead atoms. The minimum atomic E-state index is -0.485. The summed E-state index contributed by atoms with van der Waals surface area (Å²) in [6, 6.07) is 12.2. The molecule has 4 rings (SSSR count). The summed E-state index contributed by atoms with van der Waals surface area (Å²) in [5.74, 6) is -0.217. The first-order chi connectivity index (χ1) is 14.5. The van der Waals surface area contributed by atoms with Crippen molar-refractivity contribution in [3.05, 3.63) is 47.5 Å². The van der Waals surface area contributed by atoms with Crippen molar-refractivity contribution in [2.75, 3.05) is 35.3 Å². The van der Waals surface area contributed by atoms with E-state index in [1.165, 1.54) is 12.0 Å². The molecule has 8 heteroatoms. The van der Waals surface area contributed by atoms with Gasteiger partial charge in [0, 0.05) is 42.3 Å². The Morgan fingerprint density at radius 1 is 1.10 bits per heavy atom. The number of halogens is 1. The SMILES string of the molecule is COc1ccc(Cl)cc1N1CC(C(=O)Nc2ccc(N3CCCC3=O)cc2)CC1=O. The van der Waals surface area contributed by atoms with Crippen molar-refractivity contribution in [1.29, 1.82) is 0 Å². The first kappa shape index (κ1) is 20.2. The van der Waals surface area contributed by atoms with Gasteiger partial charge < -0.3 is 19.9 Å².